The number of hydrazone groups is 1. The third kappa shape index (κ3) is 3.32. The number of para-hydroxylation sites is 1. The maximum absolute atomic E-state index is 12.3. The lowest BCUT2D eigenvalue weighted by molar-refractivity contribution is -0.130. The molecule has 0 saturated carbocycles. The van der Waals surface area contributed by atoms with Crippen molar-refractivity contribution in [1.29, 1.82) is 0 Å². The highest BCUT2D eigenvalue weighted by atomic mass is 35.5. The molecule has 28 heavy (non-hydrogen) atoms. The Labute approximate surface area is 172 Å². The molecule has 1 aliphatic heterocycles. The van der Waals surface area contributed by atoms with E-state index in [2.05, 4.69) is 10.1 Å². The zero-order chi connectivity index (χ0) is 19.8. The quantitative estimate of drug-likeness (QED) is 0.551. The summed E-state index contributed by atoms with van der Waals surface area (Å²) in [5.74, 6) is 0.487. The van der Waals surface area contributed by atoms with Crippen molar-refractivity contribution in [2.75, 3.05) is 7.11 Å². The van der Waals surface area contributed by atoms with E-state index in [9.17, 15) is 4.79 Å². The van der Waals surface area contributed by atoms with Gasteiger partial charge in [0, 0.05) is 29.3 Å². The van der Waals surface area contributed by atoms with Crippen molar-refractivity contribution in [2.24, 2.45) is 5.10 Å². The number of rotatable bonds is 3. The van der Waals surface area contributed by atoms with Gasteiger partial charge in [-0.2, -0.15) is 5.10 Å². The van der Waals surface area contributed by atoms with E-state index in [-0.39, 0.29) is 11.9 Å². The summed E-state index contributed by atoms with van der Waals surface area (Å²) < 4.78 is 5.37. The molecule has 0 saturated heterocycles. The number of fused-ring (bicyclic) bond motifs is 1. The Morgan fingerprint density at radius 2 is 1.96 bits per heavy atom. The van der Waals surface area contributed by atoms with Gasteiger partial charge in [0.05, 0.1) is 18.9 Å². The summed E-state index contributed by atoms with van der Waals surface area (Å²) in [5, 5.41) is 7.84. The van der Waals surface area contributed by atoms with E-state index < -0.39 is 0 Å². The summed E-state index contributed by atoms with van der Waals surface area (Å²) in [6.45, 7) is 1.49. The van der Waals surface area contributed by atoms with Crippen LogP contribution in [0.15, 0.2) is 53.6 Å². The molecule has 0 fully saturated rings. The van der Waals surface area contributed by atoms with E-state index in [0.717, 1.165) is 22.2 Å². The van der Waals surface area contributed by atoms with Crippen molar-refractivity contribution >= 4 is 45.7 Å². The van der Waals surface area contributed by atoms with E-state index in [1.165, 1.54) is 11.9 Å². The Morgan fingerprint density at radius 1 is 1.18 bits per heavy atom. The number of pyridine rings is 1. The summed E-state index contributed by atoms with van der Waals surface area (Å²) in [7, 11) is 1.60. The van der Waals surface area contributed by atoms with E-state index in [4.69, 9.17) is 27.9 Å². The van der Waals surface area contributed by atoms with Crippen molar-refractivity contribution in [3.8, 4) is 5.75 Å². The number of halogens is 2. The van der Waals surface area contributed by atoms with Gasteiger partial charge in [-0.25, -0.2) is 9.99 Å². The van der Waals surface area contributed by atoms with Gasteiger partial charge in [-0.3, -0.25) is 4.79 Å². The Bertz CT molecular complexity index is 1110. The molecule has 142 valence electrons. The first kappa shape index (κ1) is 18.7. The molecule has 3 aromatic rings. The molecular weight excluding hydrogens is 397 g/mol. The topological polar surface area (TPSA) is 54.8 Å². The molecule has 0 aliphatic carbocycles. The average molecular weight is 414 g/mol. The fourth-order valence-corrected chi connectivity index (χ4v) is 3.90. The predicted octanol–water partition coefficient (Wildman–Crippen LogP) is 5.25. The molecule has 7 heteroatoms. The minimum absolute atomic E-state index is 0.163. The zero-order valence-electron chi connectivity index (χ0n) is 15.3. The van der Waals surface area contributed by atoms with Crippen LogP contribution in [0, 0.1) is 0 Å². The van der Waals surface area contributed by atoms with E-state index >= 15 is 0 Å². The molecule has 1 aliphatic rings. The summed E-state index contributed by atoms with van der Waals surface area (Å²) in [4.78, 5) is 16.8. The van der Waals surface area contributed by atoms with Crippen molar-refractivity contribution in [3.05, 3.63) is 69.8 Å². The first-order valence-corrected chi connectivity index (χ1v) is 9.50. The highest BCUT2D eigenvalue weighted by molar-refractivity contribution is 6.31. The molecule has 0 spiro atoms. The molecule has 0 radical (unpaired) electrons. The number of aromatic nitrogens is 1. The number of amides is 1. The molecule has 1 atom stereocenters. The summed E-state index contributed by atoms with van der Waals surface area (Å²) in [6.07, 6.45) is 0.525. The van der Waals surface area contributed by atoms with Crippen molar-refractivity contribution < 1.29 is 9.53 Å². The number of hydrogen-bond acceptors (Lipinski definition) is 4. The van der Waals surface area contributed by atoms with Gasteiger partial charge in [0.15, 0.2) is 0 Å². The van der Waals surface area contributed by atoms with Crippen LogP contribution in [0.2, 0.25) is 10.2 Å². The Morgan fingerprint density at radius 3 is 2.68 bits per heavy atom. The van der Waals surface area contributed by atoms with Crippen LogP contribution in [0.5, 0.6) is 5.75 Å². The highest BCUT2D eigenvalue weighted by Gasteiger charge is 2.33. The molecular formula is C21H17Cl2N3O2. The van der Waals surface area contributed by atoms with Crippen LogP contribution in [0.1, 0.15) is 30.5 Å². The van der Waals surface area contributed by atoms with Crippen LogP contribution in [0.3, 0.4) is 0 Å². The minimum Gasteiger partial charge on any atom is -0.494 e. The van der Waals surface area contributed by atoms with Crippen LogP contribution >= 0.6 is 23.2 Å². The SMILES string of the molecule is COc1cccc2cc(C3CC(c4cccc(Cl)c4)=NN3C(C)=O)c(Cl)nc12. The number of benzene rings is 2. The largest absolute Gasteiger partial charge is 0.494 e. The second-order valence-electron chi connectivity index (χ2n) is 6.54. The van der Waals surface area contributed by atoms with Crippen molar-refractivity contribution in [2.45, 2.75) is 19.4 Å². The van der Waals surface area contributed by atoms with Crippen LogP contribution in [-0.2, 0) is 4.79 Å². The third-order valence-corrected chi connectivity index (χ3v) is 5.30. The van der Waals surface area contributed by atoms with Crippen LogP contribution in [0.4, 0.5) is 0 Å². The third-order valence-electron chi connectivity index (χ3n) is 4.76. The minimum atomic E-state index is -0.331. The number of hydrogen-bond donors (Lipinski definition) is 0. The number of methoxy groups -OCH3 is 1. The predicted molar refractivity (Wildman–Crippen MR) is 111 cm³/mol. The maximum atomic E-state index is 12.3. The molecule has 2 aromatic carbocycles. The second kappa shape index (κ2) is 7.41. The fourth-order valence-electron chi connectivity index (χ4n) is 3.45. The average Bonchev–Trinajstić information content (AvgIpc) is 3.12. The lowest BCUT2D eigenvalue weighted by Crippen LogP contribution is -2.24. The van der Waals surface area contributed by atoms with Gasteiger partial charge >= 0.3 is 0 Å². The van der Waals surface area contributed by atoms with Crippen molar-refractivity contribution in [3.63, 3.8) is 0 Å². The van der Waals surface area contributed by atoms with Crippen molar-refractivity contribution in [1.82, 2.24) is 9.99 Å². The first-order chi connectivity index (χ1) is 13.5. The normalized spacial score (nSPS) is 16.4. The summed E-state index contributed by atoms with van der Waals surface area (Å²) >= 11 is 12.6. The molecule has 1 amide bonds. The van der Waals surface area contributed by atoms with E-state index in [1.54, 1.807) is 13.2 Å². The maximum Gasteiger partial charge on any atom is 0.240 e. The van der Waals surface area contributed by atoms with Gasteiger partial charge in [-0.1, -0.05) is 47.5 Å². The fraction of sp³-hybridized carbons (Fsp3) is 0.190. The van der Waals surface area contributed by atoms with Crippen LogP contribution in [0.25, 0.3) is 10.9 Å². The van der Waals surface area contributed by atoms with E-state index in [0.29, 0.717) is 27.9 Å². The first-order valence-electron chi connectivity index (χ1n) is 8.74. The standard InChI is InChI=1S/C21H17Cl2N3O2/c1-12(27)26-18(11-17(25-26)13-5-3-7-15(22)9-13)16-10-14-6-4-8-19(28-2)20(14)24-21(16)23/h3-10,18H,11H2,1-2H3. The number of carbonyl (C=O) groups excluding carboxylic acids is 1. The molecule has 0 bridgehead atoms. The lowest BCUT2D eigenvalue weighted by Gasteiger charge is -2.21. The van der Waals surface area contributed by atoms with Gasteiger partial charge in [0.25, 0.3) is 0 Å². The zero-order valence-corrected chi connectivity index (χ0v) is 16.8. The second-order valence-corrected chi connectivity index (χ2v) is 7.34. The monoisotopic (exact) mass is 413 g/mol. The van der Waals surface area contributed by atoms with Gasteiger partial charge in [-0.05, 0) is 29.8 Å². The lowest BCUT2D eigenvalue weighted by atomic mass is 9.98. The number of ether oxygens (including phenoxy) is 1. The Hall–Kier alpha value is -2.63. The smallest absolute Gasteiger partial charge is 0.240 e. The molecule has 2 heterocycles. The van der Waals surface area contributed by atoms with E-state index in [1.807, 2.05) is 42.5 Å². The van der Waals surface area contributed by atoms with Crippen LogP contribution < -0.4 is 4.74 Å². The Balaban J connectivity index is 1.78. The molecule has 5 nitrogen and oxygen atoms in total. The molecule has 1 unspecified atom stereocenters. The number of nitrogens with zero attached hydrogens (tertiary/aromatic N) is 3. The highest BCUT2D eigenvalue weighted by Crippen LogP contribution is 2.38. The van der Waals surface area contributed by atoms with Gasteiger partial charge in [-0.15, -0.1) is 0 Å². The molecule has 4 rings (SSSR count). The van der Waals surface area contributed by atoms with Crippen LogP contribution in [-0.4, -0.2) is 28.7 Å². The molecule has 1 aromatic heterocycles. The molecule has 0 N–H and O–H groups in total. The van der Waals surface area contributed by atoms with Gasteiger partial charge in [0.2, 0.25) is 5.91 Å². The van der Waals surface area contributed by atoms with Gasteiger partial charge < -0.3 is 4.74 Å². The number of carbonyl (C=O) groups is 1. The summed E-state index contributed by atoms with van der Waals surface area (Å²) in [5.41, 5.74) is 3.10. The Kier molecular flexibility index (Phi) is 4.96. The van der Waals surface area contributed by atoms with Gasteiger partial charge in [0.1, 0.15) is 16.4 Å². The summed E-state index contributed by atoms with van der Waals surface area (Å²) in [6, 6.07) is 14.7.